The van der Waals surface area contributed by atoms with Crippen LogP contribution in [0.25, 0.3) is 0 Å². The summed E-state index contributed by atoms with van der Waals surface area (Å²) >= 11 is 0. The van der Waals surface area contributed by atoms with Crippen LogP contribution in [0.2, 0.25) is 0 Å². The van der Waals surface area contributed by atoms with Gasteiger partial charge in [0.05, 0.1) is 33.0 Å². The summed E-state index contributed by atoms with van der Waals surface area (Å²) < 4.78 is 12.8. The number of carbonyl (C=O) groups excluding carboxylic acids is 2. The van der Waals surface area contributed by atoms with Crippen molar-refractivity contribution < 1.29 is 19.1 Å². The van der Waals surface area contributed by atoms with E-state index in [0.717, 1.165) is 29.7 Å². The van der Waals surface area contributed by atoms with E-state index in [2.05, 4.69) is 10.4 Å². The fraction of sp³-hybridized carbons (Fsp3) is 0.500. The molecule has 160 valence electrons. The zero-order valence-electron chi connectivity index (χ0n) is 17.1. The molecule has 1 fully saturated rings. The number of nitrogens with one attached hydrogen (secondary N) is 1. The topological polar surface area (TPSA) is 85.7 Å². The maximum absolute atomic E-state index is 13.0. The number of hydrogen-bond donors (Lipinski definition) is 1. The van der Waals surface area contributed by atoms with Gasteiger partial charge in [0, 0.05) is 43.7 Å². The third-order valence-corrected chi connectivity index (χ3v) is 5.53. The lowest BCUT2D eigenvalue weighted by molar-refractivity contribution is -0.121. The number of morpholine rings is 1. The van der Waals surface area contributed by atoms with E-state index in [1.54, 1.807) is 4.90 Å². The molecule has 0 aliphatic carbocycles. The van der Waals surface area contributed by atoms with Crippen molar-refractivity contribution in [3.8, 4) is 0 Å². The number of hydrogen-bond acceptors (Lipinski definition) is 5. The van der Waals surface area contributed by atoms with Gasteiger partial charge in [0.1, 0.15) is 0 Å². The predicted molar refractivity (Wildman–Crippen MR) is 110 cm³/mol. The standard InChI is InChI=1S/C22H28N4O4/c27-20(7-6-17-4-2-1-3-5-17)23-9-10-26-19-8-13-30-16-18(19)21(24-26)22(28)25-11-14-29-15-12-25/h1-5H,6-16H2,(H,23,27). The van der Waals surface area contributed by atoms with Crippen molar-refractivity contribution >= 4 is 11.8 Å². The molecular formula is C22H28N4O4. The highest BCUT2D eigenvalue weighted by atomic mass is 16.5. The number of amides is 2. The quantitative estimate of drug-likeness (QED) is 0.738. The van der Waals surface area contributed by atoms with E-state index in [9.17, 15) is 9.59 Å². The van der Waals surface area contributed by atoms with Gasteiger partial charge in [-0.05, 0) is 12.0 Å². The number of rotatable bonds is 7. The number of fused-ring (bicyclic) bond motifs is 1. The maximum Gasteiger partial charge on any atom is 0.274 e. The molecule has 8 nitrogen and oxygen atoms in total. The first-order valence-electron chi connectivity index (χ1n) is 10.6. The lowest BCUT2D eigenvalue weighted by Crippen LogP contribution is -2.41. The van der Waals surface area contributed by atoms with E-state index in [4.69, 9.17) is 9.47 Å². The molecule has 0 saturated carbocycles. The minimum Gasteiger partial charge on any atom is -0.378 e. The Hall–Kier alpha value is -2.71. The zero-order chi connectivity index (χ0) is 20.8. The van der Waals surface area contributed by atoms with Gasteiger partial charge in [0.2, 0.25) is 5.91 Å². The fourth-order valence-corrected chi connectivity index (χ4v) is 3.87. The Morgan fingerprint density at radius 3 is 2.67 bits per heavy atom. The molecule has 30 heavy (non-hydrogen) atoms. The molecule has 0 atom stereocenters. The third kappa shape index (κ3) is 4.88. The van der Waals surface area contributed by atoms with E-state index >= 15 is 0 Å². The monoisotopic (exact) mass is 412 g/mol. The maximum atomic E-state index is 13.0. The van der Waals surface area contributed by atoms with Crippen LogP contribution in [0.5, 0.6) is 0 Å². The van der Waals surface area contributed by atoms with E-state index in [1.165, 1.54) is 0 Å². The van der Waals surface area contributed by atoms with E-state index in [-0.39, 0.29) is 11.8 Å². The normalized spacial score (nSPS) is 16.2. The first kappa shape index (κ1) is 20.6. The van der Waals surface area contributed by atoms with Gasteiger partial charge in [0.15, 0.2) is 5.69 Å². The molecule has 0 unspecified atom stereocenters. The highest BCUT2D eigenvalue weighted by molar-refractivity contribution is 5.94. The molecule has 2 aromatic rings. The molecule has 0 spiro atoms. The molecule has 1 N–H and O–H groups in total. The van der Waals surface area contributed by atoms with Gasteiger partial charge in [0.25, 0.3) is 5.91 Å². The molecule has 1 aromatic carbocycles. The molecule has 2 amide bonds. The van der Waals surface area contributed by atoms with Crippen molar-refractivity contribution in [3.05, 3.63) is 52.8 Å². The molecule has 1 aromatic heterocycles. The highest BCUT2D eigenvalue weighted by Crippen LogP contribution is 2.22. The zero-order valence-corrected chi connectivity index (χ0v) is 17.1. The molecule has 2 aliphatic rings. The average molecular weight is 412 g/mol. The van der Waals surface area contributed by atoms with Crippen molar-refractivity contribution in [3.63, 3.8) is 0 Å². The van der Waals surface area contributed by atoms with Crippen molar-refractivity contribution in [1.82, 2.24) is 20.0 Å². The second kappa shape index (κ2) is 9.86. The highest BCUT2D eigenvalue weighted by Gasteiger charge is 2.29. The van der Waals surface area contributed by atoms with E-state index in [0.29, 0.717) is 64.7 Å². The van der Waals surface area contributed by atoms with E-state index in [1.807, 2.05) is 35.0 Å². The van der Waals surface area contributed by atoms with Gasteiger partial charge < -0.3 is 19.7 Å². The van der Waals surface area contributed by atoms with Gasteiger partial charge in [-0.25, -0.2) is 0 Å². The molecule has 4 rings (SSSR count). The van der Waals surface area contributed by atoms with E-state index < -0.39 is 0 Å². The fourth-order valence-electron chi connectivity index (χ4n) is 3.87. The number of ether oxygens (including phenoxy) is 2. The molecule has 2 aliphatic heterocycles. The summed E-state index contributed by atoms with van der Waals surface area (Å²) in [5.41, 5.74) is 3.55. The molecular weight excluding hydrogens is 384 g/mol. The van der Waals surface area contributed by atoms with Crippen LogP contribution >= 0.6 is 0 Å². The third-order valence-electron chi connectivity index (χ3n) is 5.53. The summed E-state index contributed by atoms with van der Waals surface area (Å²) in [5, 5.41) is 7.58. The summed E-state index contributed by atoms with van der Waals surface area (Å²) in [5.74, 6) is -0.0430. The predicted octanol–water partition coefficient (Wildman–Crippen LogP) is 1.18. The van der Waals surface area contributed by atoms with Crippen molar-refractivity contribution in [2.75, 3.05) is 39.5 Å². The number of benzene rings is 1. The molecule has 0 radical (unpaired) electrons. The summed E-state index contributed by atoms with van der Waals surface area (Å²) in [6.07, 6.45) is 1.90. The Balaban J connectivity index is 1.35. The Labute approximate surface area is 176 Å². The van der Waals surface area contributed by atoms with Gasteiger partial charge in [-0.3, -0.25) is 14.3 Å². The second-order valence-electron chi connectivity index (χ2n) is 7.54. The average Bonchev–Trinajstić information content (AvgIpc) is 3.17. The largest absolute Gasteiger partial charge is 0.378 e. The lowest BCUT2D eigenvalue weighted by Gasteiger charge is -2.26. The van der Waals surface area contributed by atoms with Crippen LogP contribution in [0.15, 0.2) is 30.3 Å². The van der Waals surface area contributed by atoms with Crippen LogP contribution in [0.1, 0.15) is 33.7 Å². The number of carbonyl (C=O) groups is 2. The first-order chi connectivity index (χ1) is 14.7. The minimum absolute atomic E-state index is 0.0211. The molecule has 3 heterocycles. The smallest absolute Gasteiger partial charge is 0.274 e. The summed E-state index contributed by atoms with van der Waals surface area (Å²) in [7, 11) is 0. The van der Waals surface area contributed by atoms with Crippen LogP contribution in [-0.4, -0.2) is 65.9 Å². The van der Waals surface area contributed by atoms with Gasteiger partial charge in [-0.1, -0.05) is 30.3 Å². The molecule has 1 saturated heterocycles. The van der Waals surface area contributed by atoms with Crippen LogP contribution < -0.4 is 5.32 Å². The van der Waals surface area contributed by atoms with Gasteiger partial charge >= 0.3 is 0 Å². The minimum atomic E-state index is -0.0642. The Morgan fingerprint density at radius 2 is 1.87 bits per heavy atom. The Kier molecular flexibility index (Phi) is 6.76. The molecule has 8 heteroatoms. The summed E-state index contributed by atoms with van der Waals surface area (Å²) in [6.45, 7) is 4.32. The second-order valence-corrected chi connectivity index (χ2v) is 7.54. The van der Waals surface area contributed by atoms with Crippen molar-refractivity contribution in [2.45, 2.75) is 32.4 Å². The number of aryl methyl sites for hydroxylation is 1. The lowest BCUT2D eigenvalue weighted by atomic mass is 10.1. The van der Waals surface area contributed by atoms with Crippen LogP contribution in [0.3, 0.4) is 0 Å². The molecule has 0 bridgehead atoms. The SMILES string of the molecule is O=C(CCc1ccccc1)NCCn1nc(C(=O)N2CCOCC2)c2c1CCOC2. The Morgan fingerprint density at radius 1 is 1.07 bits per heavy atom. The van der Waals surface area contributed by atoms with Crippen molar-refractivity contribution in [1.29, 1.82) is 0 Å². The van der Waals surface area contributed by atoms with Crippen molar-refractivity contribution in [2.24, 2.45) is 0 Å². The van der Waals surface area contributed by atoms with Gasteiger partial charge in [-0.15, -0.1) is 0 Å². The van der Waals surface area contributed by atoms with Gasteiger partial charge in [-0.2, -0.15) is 5.10 Å². The first-order valence-corrected chi connectivity index (χ1v) is 10.6. The van der Waals surface area contributed by atoms with Crippen LogP contribution in [0.4, 0.5) is 0 Å². The summed E-state index contributed by atoms with van der Waals surface area (Å²) in [6, 6.07) is 9.98. The van der Waals surface area contributed by atoms with Crippen LogP contribution in [-0.2, 0) is 40.3 Å². The Bertz CT molecular complexity index is 875. The number of aromatic nitrogens is 2. The van der Waals surface area contributed by atoms with Crippen LogP contribution in [0, 0.1) is 0 Å². The number of nitrogens with zero attached hydrogens (tertiary/aromatic N) is 3. The summed E-state index contributed by atoms with van der Waals surface area (Å²) in [4.78, 5) is 26.9.